The third-order valence-corrected chi connectivity index (χ3v) is 2.46. The van der Waals surface area contributed by atoms with Crippen LogP contribution in [-0.4, -0.2) is 16.6 Å². The number of hydrogen-bond donors (Lipinski definition) is 1. The highest BCUT2D eigenvalue weighted by Crippen LogP contribution is 2.21. The molecule has 0 saturated carbocycles. The summed E-state index contributed by atoms with van der Waals surface area (Å²) in [6.45, 7) is 3.63. The van der Waals surface area contributed by atoms with E-state index in [0.29, 0.717) is 5.56 Å². The third kappa shape index (κ3) is 2.90. The van der Waals surface area contributed by atoms with Crippen LogP contribution in [0.25, 0.3) is 6.08 Å². The molecule has 1 N–H and O–H groups in total. The minimum atomic E-state index is -0.392. The summed E-state index contributed by atoms with van der Waals surface area (Å²) in [5.41, 5.74) is 2.37. The molecule has 0 heterocycles. The lowest BCUT2D eigenvalue weighted by Crippen LogP contribution is -1.93. The average Bonchev–Trinajstić information content (AvgIpc) is 2.27. The highest BCUT2D eigenvalue weighted by molar-refractivity contribution is 5.58. The van der Waals surface area contributed by atoms with Gasteiger partial charge < -0.3 is 5.11 Å². The first kappa shape index (κ1) is 12.4. The number of nitro groups is 1. The van der Waals surface area contributed by atoms with E-state index in [1.807, 2.05) is 13.0 Å². The quantitative estimate of drug-likeness (QED) is 0.628. The smallest absolute Gasteiger partial charge is 0.272 e. The zero-order valence-corrected chi connectivity index (χ0v) is 9.43. The molecule has 4 heteroatoms. The molecule has 86 valence electrons. The Kier molecular flexibility index (Phi) is 4.19. The van der Waals surface area contributed by atoms with Gasteiger partial charge in [-0.25, -0.2) is 0 Å². The van der Waals surface area contributed by atoms with E-state index in [0.717, 1.165) is 17.6 Å². The normalized spacial score (nSPS) is 11.6. The molecule has 0 aliphatic heterocycles. The number of hydrogen-bond acceptors (Lipinski definition) is 3. The van der Waals surface area contributed by atoms with Crippen LogP contribution < -0.4 is 0 Å². The molecule has 1 aromatic rings. The molecule has 0 atom stereocenters. The average molecular weight is 221 g/mol. The lowest BCUT2D eigenvalue weighted by Gasteiger charge is -2.02. The number of nitrogens with zero attached hydrogens (tertiary/aromatic N) is 1. The molecule has 0 fully saturated rings. The van der Waals surface area contributed by atoms with Crippen molar-refractivity contribution in [1.29, 1.82) is 0 Å². The van der Waals surface area contributed by atoms with E-state index in [2.05, 4.69) is 0 Å². The molecule has 0 spiro atoms. The number of rotatable bonds is 4. The van der Waals surface area contributed by atoms with Crippen LogP contribution in [0.5, 0.6) is 0 Å². The van der Waals surface area contributed by atoms with Crippen molar-refractivity contribution in [2.24, 2.45) is 0 Å². The first-order chi connectivity index (χ1) is 7.58. The van der Waals surface area contributed by atoms with Crippen LogP contribution in [0.15, 0.2) is 23.8 Å². The van der Waals surface area contributed by atoms with Gasteiger partial charge in [0, 0.05) is 11.6 Å². The zero-order chi connectivity index (χ0) is 12.1. The Bertz CT molecular complexity index is 418. The van der Waals surface area contributed by atoms with E-state index >= 15 is 0 Å². The third-order valence-electron chi connectivity index (χ3n) is 2.46. The number of benzene rings is 1. The molecule has 0 aliphatic carbocycles. The van der Waals surface area contributed by atoms with E-state index < -0.39 is 4.92 Å². The van der Waals surface area contributed by atoms with Crippen LogP contribution in [0, 0.1) is 17.0 Å². The van der Waals surface area contributed by atoms with Gasteiger partial charge in [-0.3, -0.25) is 10.1 Å². The molecule has 4 nitrogen and oxygen atoms in total. The highest BCUT2D eigenvalue weighted by atomic mass is 16.6. The van der Waals surface area contributed by atoms with Crippen LogP contribution >= 0.6 is 0 Å². The van der Waals surface area contributed by atoms with Crippen molar-refractivity contribution < 1.29 is 10.0 Å². The predicted molar refractivity (Wildman–Crippen MR) is 63.2 cm³/mol. The summed E-state index contributed by atoms with van der Waals surface area (Å²) in [5.74, 6) is 0. The molecular weight excluding hydrogens is 206 g/mol. The maximum Gasteiger partial charge on any atom is 0.272 e. The summed E-state index contributed by atoms with van der Waals surface area (Å²) in [4.78, 5) is 10.3. The summed E-state index contributed by atoms with van der Waals surface area (Å²) in [6, 6.07) is 5.06. The summed E-state index contributed by atoms with van der Waals surface area (Å²) in [7, 11) is 0. The minimum Gasteiger partial charge on any atom is -0.392 e. The van der Waals surface area contributed by atoms with Crippen molar-refractivity contribution in [1.82, 2.24) is 0 Å². The fourth-order valence-electron chi connectivity index (χ4n) is 1.41. The predicted octanol–water partition coefficient (Wildman–Crippen LogP) is 2.69. The van der Waals surface area contributed by atoms with Gasteiger partial charge in [-0.2, -0.15) is 0 Å². The molecular formula is C12H15NO3. The molecule has 0 amide bonds. The van der Waals surface area contributed by atoms with Crippen LogP contribution in [0.1, 0.15) is 24.5 Å². The van der Waals surface area contributed by atoms with Crippen molar-refractivity contribution in [2.75, 3.05) is 6.61 Å². The Morgan fingerprint density at radius 2 is 2.25 bits per heavy atom. The van der Waals surface area contributed by atoms with E-state index in [9.17, 15) is 10.1 Å². The Labute approximate surface area is 94.4 Å². The van der Waals surface area contributed by atoms with E-state index in [-0.39, 0.29) is 12.3 Å². The molecule has 0 radical (unpaired) electrons. The van der Waals surface area contributed by atoms with Crippen molar-refractivity contribution in [3.63, 3.8) is 0 Å². The van der Waals surface area contributed by atoms with Gasteiger partial charge >= 0.3 is 0 Å². The van der Waals surface area contributed by atoms with E-state index in [1.165, 1.54) is 6.07 Å². The SMILES string of the molecule is CCC(=Cc1ccc(C)c([N+](=O)[O-])c1)CO. The monoisotopic (exact) mass is 221 g/mol. The fourth-order valence-corrected chi connectivity index (χ4v) is 1.41. The van der Waals surface area contributed by atoms with Crippen molar-refractivity contribution >= 4 is 11.8 Å². The first-order valence-corrected chi connectivity index (χ1v) is 5.13. The van der Waals surface area contributed by atoms with Crippen LogP contribution in [0.3, 0.4) is 0 Å². The second kappa shape index (κ2) is 5.42. The molecule has 16 heavy (non-hydrogen) atoms. The molecule has 0 saturated heterocycles. The van der Waals surface area contributed by atoms with Crippen molar-refractivity contribution in [2.45, 2.75) is 20.3 Å². The Morgan fingerprint density at radius 1 is 1.56 bits per heavy atom. The molecule has 0 aromatic heterocycles. The first-order valence-electron chi connectivity index (χ1n) is 5.13. The number of aryl methyl sites for hydroxylation is 1. The van der Waals surface area contributed by atoms with Crippen LogP contribution in [0.4, 0.5) is 5.69 Å². The Balaban J connectivity index is 3.12. The van der Waals surface area contributed by atoms with E-state index in [1.54, 1.807) is 19.1 Å². The fraction of sp³-hybridized carbons (Fsp3) is 0.333. The topological polar surface area (TPSA) is 63.4 Å². The zero-order valence-electron chi connectivity index (χ0n) is 9.43. The lowest BCUT2D eigenvalue weighted by molar-refractivity contribution is -0.385. The summed E-state index contributed by atoms with van der Waals surface area (Å²) in [6.07, 6.45) is 2.52. The lowest BCUT2D eigenvalue weighted by atomic mass is 10.1. The van der Waals surface area contributed by atoms with Gasteiger partial charge in [0.05, 0.1) is 11.5 Å². The van der Waals surface area contributed by atoms with Gasteiger partial charge in [-0.15, -0.1) is 0 Å². The molecule has 1 rings (SSSR count). The number of aliphatic hydroxyl groups excluding tert-OH is 1. The summed E-state index contributed by atoms with van der Waals surface area (Å²) in [5, 5.41) is 19.8. The van der Waals surface area contributed by atoms with Gasteiger partial charge in [-0.05, 0) is 24.5 Å². The molecule has 0 unspecified atom stereocenters. The Morgan fingerprint density at radius 3 is 2.75 bits per heavy atom. The minimum absolute atomic E-state index is 0.0157. The summed E-state index contributed by atoms with van der Waals surface area (Å²) < 4.78 is 0. The second-order valence-corrected chi connectivity index (χ2v) is 3.62. The summed E-state index contributed by atoms with van der Waals surface area (Å²) >= 11 is 0. The molecule has 0 aliphatic rings. The maximum absolute atomic E-state index is 10.7. The number of nitro benzene ring substituents is 1. The largest absolute Gasteiger partial charge is 0.392 e. The molecule has 0 bridgehead atoms. The standard InChI is InChI=1S/C12H15NO3/c1-3-10(8-14)6-11-5-4-9(2)12(7-11)13(15)16/h4-7,14H,3,8H2,1-2H3. The second-order valence-electron chi connectivity index (χ2n) is 3.62. The maximum atomic E-state index is 10.7. The van der Waals surface area contributed by atoms with Gasteiger partial charge in [0.1, 0.15) is 0 Å². The van der Waals surface area contributed by atoms with Gasteiger partial charge in [0.25, 0.3) is 5.69 Å². The van der Waals surface area contributed by atoms with E-state index in [4.69, 9.17) is 5.11 Å². The Hall–Kier alpha value is -1.68. The van der Waals surface area contributed by atoms with Crippen LogP contribution in [-0.2, 0) is 0 Å². The van der Waals surface area contributed by atoms with Gasteiger partial charge in [-0.1, -0.05) is 25.1 Å². The number of aliphatic hydroxyl groups is 1. The van der Waals surface area contributed by atoms with Crippen molar-refractivity contribution in [3.05, 3.63) is 45.0 Å². The van der Waals surface area contributed by atoms with Crippen molar-refractivity contribution in [3.8, 4) is 0 Å². The van der Waals surface area contributed by atoms with Crippen LogP contribution in [0.2, 0.25) is 0 Å². The van der Waals surface area contributed by atoms with Gasteiger partial charge in [0.2, 0.25) is 0 Å². The molecule has 1 aromatic carbocycles. The highest BCUT2D eigenvalue weighted by Gasteiger charge is 2.09. The van der Waals surface area contributed by atoms with Gasteiger partial charge in [0.15, 0.2) is 0 Å².